The van der Waals surface area contributed by atoms with Crippen LogP contribution in [0, 0.1) is 11.8 Å². The maximum Gasteiger partial charge on any atom is 0.387 e. The first-order chi connectivity index (χ1) is 13.9. The molecule has 0 saturated carbocycles. The number of ether oxygens (including phenoxy) is 3. The van der Waals surface area contributed by atoms with Crippen LogP contribution in [-0.2, 0) is 6.54 Å². The molecule has 1 heterocycles. The largest absolute Gasteiger partial charge is 0.454 e. The molecule has 0 saturated heterocycles. The van der Waals surface area contributed by atoms with Crippen molar-refractivity contribution >= 4 is 29.9 Å². The number of fused-ring (bicyclic) bond motifs is 1. The first-order valence-electron chi connectivity index (χ1n) is 9.93. The van der Waals surface area contributed by atoms with Gasteiger partial charge in [-0.1, -0.05) is 13.8 Å². The normalized spacial score (nSPS) is 13.9. The highest BCUT2D eigenvalue weighted by Gasteiger charge is 2.20. The van der Waals surface area contributed by atoms with Crippen molar-refractivity contribution in [2.24, 2.45) is 16.8 Å². The summed E-state index contributed by atoms with van der Waals surface area (Å²) >= 11 is 0. The quantitative estimate of drug-likeness (QED) is 0.224. The molecule has 7 nitrogen and oxygen atoms in total. The molecule has 3 N–H and O–H groups in total. The Balaban J connectivity index is 0.00000450. The van der Waals surface area contributed by atoms with Crippen molar-refractivity contribution in [1.29, 1.82) is 0 Å². The number of aliphatic hydroxyl groups excluding tert-OH is 1. The van der Waals surface area contributed by atoms with Gasteiger partial charge in [0.2, 0.25) is 6.79 Å². The number of alkyl halides is 2. The summed E-state index contributed by atoms with van der Waals surface area (Å²) in [4.78, 5) is 4.50. The lowest BCUT2D eigenvalue weighted by Crippen LogP contribution is -2.40. The van der Waals surface area contributed by atoms with Crippen LogP contribution in [0.15, 0.2) is 17.1 Å². The van der Waals surface area contributed by atoms with E-state index in [4.69, 9.17) is 9.47 Å². The van der Waals surface area contributed by atoms with Crippen molar-refractivity contribution in [2.75, 3.05) is 26.5 Å². The van der Waals surface area contributed by atoms with E-state index in [0.29, 0.717) is 54.4 Å². The molecule has 1 atom stereocenters. The molecule has 10 heteroatoms. The van der Waals surface area contributed by atoms with Crippen LogP contribution in [0.5, 0.6) is 17.2 Å². The number of hydrogen-bond acceptors (Lipinski definition) is 5. The van der Waals surface area contributed by atoms with Gasteiger partial charge in [-0.3, -0.25) is 0 Å². The fraction of sp³-hybridized carbons (Fsp3) is 0.650. The van der Waals surface area contributed by atoms with Crippen LogP contribution in [0.1, 0.15) is 39.2 Å². The van der Waals surface area contributed by atoms with Crippen molar-refractivity contribution in [3.05, 3.63) is 17.7 Å². The molecule has 0 fully saturated rings. The van der Waals surface area contributed by atoms with Crippen molar-refractivity contribution in [1.82, 2.24) is 10.6 Å². The van der Waals surface area contributed by atoms with Gasteiger partial charge in [0.25, 0.3) is 0 Å². The number of nitrogens with zero attached hydrogens (tertiary/aromatic N) is 1. The second kappa shape index (κ2) is 13.7. The Morgan fingerprint density at radius 3 is 2.53 bits per heavy atom. The minimum atomic E-state index is -2.94. The molecule has 172 valence electrons. The number of rotatable bonds is 11. The Kier molecular flexibility index (Phi) is 12.1. The first kappa shape index (κ1) is 26.5. The van der Waals surface area contributed by atoms with E-state index in [0.717, 1.165) is 6.42 Å². The van der Waals surface area contributed by atoms with Crippen LogP contribution in [0.25, 0.3) is 0 Å². The van der Waals surface area contributed by atoms with Crippen LogP contribution in [0.4, 0.5) is 8.78 Å². The fourth-order valence-electron chi connectivity index (χ4n) is 3.19. The zero-order chi connectivity index (χ0) is 21.2. The lowest BCUT2D eigenvalue weighted by Gasteiger charge is -2.20. The van der Waals surface area contributed by atoms with Crippen molar-refractivity contribution in [3.63, 3.8) is 0 Å². The number of aliphatic imine (C=N–C) groups is 1. The summed E-state index contributed by atoms with van der Waals surface area (Å²) in [5, 5.41) is 15.7. The molecule has 30 heavy (non-hydrogen) atoms. The van der Waals surface area contributed by atoms with Gasteiger partial charge < -0.3 is 30.0 Å². The van der Waals surface area contributed by atoms with E-state index in [1.807, 2.05) is 6.92 Å². The van der Waals surface area contributed by atoms with Gasteiger partial charge in [-0.2, -0.15) is 8.78 Å². The predicted octanol–water partition coefficient (Wildman–Crippen LogP) is 3.73. The highest BCUT2D eigenvalue weighted by atomic mass is 127. The van der Waals surface area contributed by atoms with Gasteiger partial charge in [-0.15, -0.1) is 24.0 Å². The van der Waals surface area contributed by atoms with E-state index in [-0.39, 0.29) is 49.7 Å². The number of halogens is 3. The van der Waals surface area contributed by atoms with Crippen LogP contribution in [0.2, 0.25) is 0 Å². The molecular formula is C20H32F2IN3O4. The predicted molar refractivity (Wildman–Crippen MR) is 122 cm³/mol. The highest BCUT2D eigenvalue weighted by molar-refractivity contribution is 14.0. The number of guanidine groups is 1. The lowest BCUT2D eigenvalue weighted by atomic mass is 9.94. The fourth-order valence-corrected chi connectivity index (χ4v) is 3.19. The van der Waals surface area contributed by atoms with E-state index >= 15 is 0 Å². The zero-order valence-corrected chi connectivity index (χ0v) is 20.0. The second-order valence-electron chi connectivity index (χ2n) is 7.28. The van der Waals surface area contributed by atoms with Gasteiger partial charge in [0, 0.05) is 31.3 Å². The molecule has 0 aliphatic carbocycles. The monoisotopic (exact) mass is 543 g/mol. The van der Waals surface area contributed by atoms with Gasteiger partial charge in [-0.05, 0) is 37.7 Å². The minimum absolute atomic E-state index is 0. The Bertz CT molecular complexity index is 678. The molecule has 0 bridgehead atoms. The summed E-state index contributed by atoms with van der Waals surface area (Å²) in [6.45, 7) is 4.92. The van der Waals surface area contributed by atoms with E-state index in [9.17, 15) is 13.9 Å². The summed E-state index contributed by atoms with van der Waals surface area (Å²) < 4.78 is 40.8. The van der Waals surface area contributed by atoms with Gasteiger partial charge >= 0.3 is 6.61 Å². The van der Waals surface area contributed by atoms with Crippen LogP contribution in [-0.4, -0.2) is 44.2 Å². The van der Waals surface area contributed by atoms with Crippen molar-refractivity contribution in [2.45, 2.75) is 46.8 Å². The summed E-state index contributed by atoms with van der Waals surface area (Å²) in [5.41, 5.74) is 0.473. The smallest absolute Gasteiger partial charge is 0.387 e. The minimum Gasteiger partial charge on any atom is -0.454 e. The molecule has 0 spiro atoms. The standard InChI is InChI=1S/C20H31F2N3O4.HI/c1-4-23-20(24-10-14(5-6-26)7-13(2)3)25-11-15-8-17-18(28-12-27-17)9-16(15)29-19(21)22;/h8-9,13-14,19,26H,4-7,10-12H2,1-3H3,(H2,23,24,25);1H. The van der Waals surface area contributed by atoms with E-state index in [1.54, 1.807) is 6.07 Å². The third-order valence-electron chi connectivity index (χ3n) is 4.42. The SMILES string of the molecule is CCNC(=NCc1cc2c(cc1OC(F)F)OCO2)NCC(CCO)CC(C)C.I. The average molecular weight is 543 g/mol. The van der Waals surface area contributed by atoms with Crippen LogP contribution >= 0.6 is 24.0 Å². The van der Waals surface area contributed by atoms with Crippen LogP contribution < -0.4 is 24.8 Å². The average Bonchev–Trinajstić information content (AvgIpc) is 3.10. The number of aliphatic hydroxyl groups is 1. The highest BCUT2D eigenvalue weighted by Crippen LogP contribution is 2.39. The molecule has 1 aromatic rings. The molecule has 1 unspecified atom stereocenters. The molecule has 0 radical (unpaired) electrons. The summed E-state index contributed by atoms with van der Waals surface area (Å²) in [6.07, 6.45) is 1.70. The lowest BCUT2D eigenvalue weighted by molar-refractivity contribution is -0.0505. The maximum atomic E-state index is 12.8. The Morgan fingerprint density at radius 2 is 1.93 bits per heavy atom. The molecule has 0 aromatic heterocycles. The number of hydrogen-bond donors (Lipinski definition) is 3. The first-order valence-corrected chi connectivity index (χ1v) is 9.93. The van der Waals surface area contributed by atoms with E-state index < -0.39 is 6.61 Å². The Hall–Kier alpha value is -1.56. The van der Waals surface area contributed by atoms with Crippen molar-refractivity contribution in [3.8, 4) is 17.2 Å². The van der Waals surface area contributed by atoms with E-state index in [1.165, 1.54) is 6.07 Å². The zero-order valence-electron chi connectivity index (χ0n) is 17.6. The third-order valence-corrected chi connectivity index (χ3v) is 4.42. The summed E-state index contributed by atoms with van der Waals surface area (Å²) in [7, 11) is 0. The summed E-state index contributed by atoms with van der Waals surface area (Å²) in [5.74, 6) is 2.28. The molecular weight excluding hydrogens is 511 g/mol. The Labute approximate surface area is 193 Å². The number of benzene rings is 1. The van der Waals surface area contributed by atoms with E-state index in [2.05, 4.69) is 34.2 Å². The van der Waals surface area contributed by atoms with Gasteiger partial charge in [0.15, 0.2) is 17.5 Å². The van der Waals surface area contributed by atoms with Crippen molar-refractivity contribution < 1.29 is 28.1 Å². The molecule has 2 rings (SSSR count). The molecule has 1 aliphatic rings. The molecule has 1 aliphatic heterocycles. The van der Waals surface area contributed by atoms with Crippen LogP contribution in [0.3, 0.4) is 0 Å². The maximum absolute atomic E-state index is 12.8. The summed E-state index contributed by atoms with van der Waals surface area (Å²) in [6, 6.07) is 3.01. The number of nitrogens with one attached hydrogen (secondary N) is 2. The Morgan fingerprint density at radius 1 is 1.23 bits per heavy atom. The molecule has 1 aromatic carbocycles. The second-order valence-corrected chi connectivity index (χ2v) is 7.28. The topological polar surface area (TPSA) is 84.3 Å². The van der Waals surface area contributed by atoms with Gasteiger partial charge in [0.05, 0.1) is 6.54 Å². The van der Waals surface area contributed by atoms with Gasteiger partial charge in [-0.25, -0.2) is 4.99 Å². The third kappa shape index (κ3) is 8.66. The van der Waals surface area contributed by atoms with Gasteiger partial charge in [0.1, 0.15) is 5.75 Å². The molecule has 0 amide bonds.